The number of nitrogens with zero attached hydrogens (tertiary/aromatic N) is 3. The third-order valence-electron chi connectivity index (χ3n) is 2.86. The van der Waals surface area contributed by atoms with E-state index < -0.39 is 0 Å². The van der Waals surface area contributed by atoms with Crippen LogP contribution in [0, 0.1) is 6.92 Å². The highest BCUT2D eigenvalue weighted by molar-refractivity contribution is 9.10. The minimum absolute atomic E-state index is 0.341. The monoisotopic (exact) mass is 339 g/mol. The fraction of sp³-hybridized carbons (Fsp3) is 0.231. The number of imidazole rings is 1. The zero-order chi connectivity index (χ0) is 13.4. The van der Waals surface area contributed by atoms with Gasteiger partial charge < -0.3 is 8.98 Å². The molecule has 0 aliphatic carbocycles. The van der Waals surface area contributed by atoms with E-state index in [0.29, 0.717) is 12.4 Å². The molecule has 4 nitrogen and oxygen atoms in total. The van der Waals surface area contributed by atoms with E-state index in [2.05, 4.69) is 25.9 Å². The molecule has 3 rings (SSSR count). The molecule has 19 heavy (non-hydrogen) atoms. The van der Waals surface area contributed by atoms with Gasteiger partial charge in [0.2, 0.25) is 0 Å². The van der Waals surface area contributed by atoms with Gasteiger partial charge in [-0.1, -0.05) is 0 Å². The molecule has 0 atom stereocenters. The molecular formula is C13H11BrClN3O. The van der Waals surface area contributed by atoms with Gasteiger partial charge in [0.05, 0.1) is 12.4 Å². The van der Waals surface area contributed by atoms with Crippen molar-refractivity contribution in [3.63, 3.8) is 0 Å². The van der Waals surface area contributed by atoms with Crippen LogP contribution in [-0.2, 0) is 12.4 Å². The molecule has 0 saturated carbocycles. The summed E-state index contributed by atoms with van der Waals surface area (Å²) in [5.74, 6) is 2.89. The van der Waals surface area contributed by atoms with Crippen LogP contribution in [0.25, 0.3) is 11.2 Å². The number of aromatic nitrogens is 3. The lowest BCUT2D eigenvalue weighted by Crippen LogP contribution is -2.03. The SMILES string of the molecule is Cc1ccc(Cn2c(CCl)nc3cc(Br)cnc32)o1. The minimum Gasteiger partial charge on any atom is -0.464 e. The van der Waals surface area contributed by atoms with Crippen LogP contribution in [0.5, 0.6) is 0 Å². The summed E-state index contributed by atoms with van der Waals surface area (Å²) in [4.78, 5) is 8.90. The van der Waals surface area contributed by atoms with Crippen molar-refractivity contribution in [3.05, 3.63) is 46.2 Å². The number of fused-ring (bicyclic) bond motifs is 1. The number of alkyl halides is 1. The highest BCUT2D eigenvalue weighted by Crippen LogP contribution is 2.21. The lowest BCUT2D eigenvalue weighted by Gasteiger charge is -2.04. The van der Waals surface area contributed by atoms with Crippen molar-refractivity contribution < 1.29 is 4.42 Å². The van der Waals surface area contributed by atoms with Crippen LogP contribution in [-0.4, -0.2) is 14.5 Å². The Morgan fingerprint density at radius 1 is 1.42 bits per heavy atom. The second kappa shape index (κ2) is 4.98. The normalized spacial score (nSPS) is 11.3. The lowest BCUT2D eigenvalue weighted by molar-refractivity contribution is 0.469. The number of aryl methyl sites for hydroxylation is 1. The summed E-state index contributed by atoms with van der Waals surface area (Å²) in [6.45, 7) is 2.51. The van der Waals surface area contributed by atoms with E-state index in [0.717, 1.165) is 33.0 Å². The Morgan fingerprint density at radius 2 is 2.26 bits per heavy atom. The predicted molar refractivity (Wildman–Crippen MR) is 77.3 cm³/mol. The molecule has 3 aromatic heterocycles. The quantitative estimate of drug-likeness (QED) is 0.680. The van der Waals surface area contributed by atoms with Crippen molar-refractivity contribution in [1.82, 2.24) is 14.5 Å². The summed E-state index contributed by atoms with van der Waals surface area (Å²) in [7, 11) is 0. The topological polar surface area (TPSA) is 43.9 Å². The van der Waals surface area contributed by atoms with Gasteiger partial charge in [-0.2, -0.15) is 0 Å². The Morgan fingerprint density at radius 3 is 2.95 bits per heavy atom. The third-order valence-corrected chi connectivity index (χ3v) is 3.53. The molecular weight excluding hydrogens is 330 g/mol. The molecule has 3 heterocycles. The zero-order valence-electron chi connectivity index (χ0n) is 10.2. The van der Waals surface area contributed by atoms with Gasteiger partial charge in [0, 0.05) is 10.7 Å². The van der Waals surface area contributed by atoms with Crippen molar-refractivity contribution in [2.75, 3.05) is 0 Å². The Balaban J connectivity index is 2.10. The van der Waals surface area contributed by atoms with Crippen LogP contribution >= 0.6 is 27.5 Å². The predicted octanol–water partition coefficient (Wildman–Crippen LogP) is 3.88. The molecule has 0 aliphatic heterocycles. The number of rotatable bonds is 3. The second-order valence-electron chi connectivity index (χ2n) is 4.26. The largest absolute Gasteiger partial charge is 0.464 e. The molecule has 0 spiro atoms. The molecule has 0 bridgehead atoms. The van der Waals surface area contributed by atoms with Crippen molar-refractivity contribution in [2.45, 2.75) is 19.3 Å². The standard InChI is InChI=1S/C13H11BrClN3O/c1-8-2-3-10(19-8)7-18-12(5-15)17-11-4-9(14)6-16-13(11)18/h2-4,6H,5,7H2,1H3. The molecule has 0 aromatic carbocycles. The van der Waals surface area contributed by atoms with Crippen molar-refractivity contribution in [3.8, 4) is 0 Å². The molecule has 0 fully saturated rings. The maximum Gasteiger partial charge on any atom is 0.160 e. The number of pyridine rings is 1. The molecule has 98 valence electrons. The van der Waals surface area contributed by atoms with Gasteiger partial charge >= 0.3 is 0 Å². The van der Waals surface area contributed by atoms with E-state index >= 15 is 0 Å². The van der Waals surface area contributed by atoms with Crippen molar-refractivity contribution in [2.24, 2.45) is 0 Å². The van der Waals surface area contributed by atoms with Crippen LogP contribution in [0.1, 0.15) is 17.3 Å². The van der Waals surface area contributed by atoms with Gasteiger partial charge in [0.1, 0.15) is 22.9 Å². The van der Waals surface area contributed by atoms with Gasteiger partial charge in [-0.15, -0.1) is 11.6 Å². The molecule has 0 radical (unpaired) electrons. The molecule has 0 unspecified atom stereocenters. The summed E-state index contributed by atoms with van der Waals surface area (Å²) in [6.07, 6.45) is 1.76. The summed E-state index contributed by atoms with van der Waals surface area (Å²) in [6, 6.07) is 5.83. The molecule has 0 amide bonds. The van der Waals surface area contributed by atoms with Gasteiger partial charge in [-0.25, -0.2) is 9.97 Å². The average molecular weight is 341 g/mol. The number of hydrogen-bond donors (Lipinski definition) is 0. The molecule has 3 aromatic rings. The maximum absolute atomic E-state index is 5.96. The van der Waals surface area contributed by atoms with E-state index in [1.54, 1.807) is 6.20 Å². The van der Waals surface area contributed by atoms with Crippen LogP contribution < -0.4 is 0 Å². The van der Waals surface area contributed by atoms with E-state index in [1.165, 1.54) is 0 Å². The maximum atomic E-state index is 5.96. The van der Waals surface area contributed by atoms with Crippen LogP contribution in [0.2, 0.25) is 0 Å². The Bertz CT molecular complexity index is 735. The number of furan rings is 1. The van der Waals surface area contributed by atoms with Gasteiger partial charge in [-0.3, -0.25) is 0 Å². The van der Waals surface area contributed by atoms with Crippen molar-refractivity contribution in [1.29, 1.82) is 0 Å². The average Bonchev–Trinajstić information content (AvgIpc) is 2.94. The molecule has 0 N–H and O–H groups in total. The summed E-state index contributed by atoms with van der Waals surface area (Å²) < 4.78 is 8.48. The highest BCUT2D eigenvalue weighted by Gasteiger charge is 2.13. The smallest absolute Gasteiger partial charge is 0.160 e. The van der Waals surface area contributed by atoms with Gasteiger partial charge in [0.15, 0.2) is 5.65 Å². The third kappa shape index (κ3) is 2.40. The van der Waals surface area contributed by atoms with Crippen LogP contribution in [0.4, 0.5) is 0 Å². The second-order valence-corrected chi connectivity index (χ2v) is 5.44. The van der Waals surface area contributed by atoms with Gasteiger partial charge in [0.25, 0.3) is 0 Å². The van der Waals surface area contributed by atoms with Crippen molar-refractivity contribution >= 4 is 38.7 Å². The minimum atomic E-state index is 0.341. The first-order valence-corrected chi connectivity index (χ1v) is 7.12. The highest BCUT2D eigenvalue weighted by atomic mass is 79.9. The number of hydrogen-bond acceptors (Lipinski definition) is 3. The van der Waals surface area contributed by atoms with E-state index in [-0.39, 0.29) is 0 Å². The van der Waals surface area contributed by atoms with Crippen LogP contribution in [0.15, 0.2) is 33.3 Å². The molecule has 6 heteroatoms. The first kappa shape index (κ1) is 12.7. The van der Waals surface area contributed by atoms with E-state index in [4.69, 9.17) is 16.0 Å². The summed E-state index contributed by atoms with van der Waals surface area (Å²) in [5, 5.41) is 0. The number of halogens is 2. The van der Waals surface area contributed by atoms with Crippen LogP contribution in [0.3, 0.4) is 0 Å². The Labute approximate surface area is 123 Å². The first-order valence-electron chi connectivity index (χ1n) is 5.79. The first-order chi connectivity index (χ1) is 9.17. The zero-order valence-corrected chi connectivity index (χ0v) is 12.6. The summed E-state index contributed by atoms with van der Waals surface area (Å²) >= 11 is 9.36. The lowest BCUT2D eigenvalue weighted by atomic mass is 10.4. The molecule has 0 aliphatic rings. The Hall–Kier alpha value is -1.33. The van der Waals surface area contributed by atoms with Gasteiger partial charge in [-0.05, 0) is 41.1 Å². The summed E-state index contributed by atoms with van der Waals surface area (Å²) in [5.41, 5.74) is 1.64. The Kier molecular flexibility index (Phi) is 3.33. The van der Waals surface area contributed by atoms with E-state index in [9.17, 15) is 0 Å². The molecule has 0 saturated heterocycles. The fourth-order valence-electron chi connectivity index (χ4n) is 2.03. The fourth-order valence-corrected chi connectivity index (χ4v) is 2.55. The van der Waals surface area contributed by atoms with E-state index in [1.807, 2.05) is 29.7 Å².